The fraction of sp³-hybridized carbons (Fsp3) is 0.896. The summed E-state index contributed by atoms with van der Waals surface area (Å²) < 4.78 is 22.9. The lowest BCUT2D eigenvalue weighted by Crippen LogP contribution is -2.64. The minimum absolute atomic E-state index is 0.249. The molecule has 0 saturated heterocycles. The average molecular weight is 906 g/mol. The molecule has 0 aromatic rings. The standard InChI is InChI=1S/C48H92NO12P/c1-3-5-7-9-11-13-15-17-18-19-20-21-22-24-26-28-30-32-34-36-41(51)40(38-60-62(58,59)61-48-46(56)44(54)43(53)45(55)47(48)57)49-42(52)37-39(50)35-33-31-29-27-25-23-16-14-12-10-8-6-4-2/h14,16,34,36,39-41,43-48,50-51,53-57H,3-13,15,17-33,35,37-38H2,1-2H3,(H,49,52)(H,58,59)/b16-14-,36-34+. The molecule has 1 saturated carbocycles. The zero-order valence-corrected chi connectivity index (χ0v) is 39.7. The highest BCUT2D eigenvalue weighted by Crippen LogP contribution is 2.47. The first-order valence-electron chi connectivity index (χ1n) is 24.9. The average Bonchev–Trinajstić information content (AvgIpc) is 3.24. The maximum atomic E-state index is 13.0. The van der Waals surface area contributed by atoms with Crippen molar-refractivity contribution in [1.82, 2.24) is 5.32 Å². The number of aliphatic hydroxyl groups excluding tert-OH is 7. The molecular weight excluding hydrogens is 813 g/mol. The van der Waals surface area contributed by atoms with Gasteiger partial charge in [-0.15, -0.1) is 0 Å². The van der Waals surface area contributed by atoms with Gasteiger partial charge in [-0.2, -0.15) is 0 Å². The van der Waals surface area contributed by atoms with Crippen LogP contribution < -0.4 is 5.32 Å². The lowest BCUT2D eigenvalue weighted by Gasteiger charge is -2.41. The molecular formula is C48H92NO12P. The van der Waals surface area contributed by atoms with Crippen LogP contribution in [0.2, 0.25) is 0 Å². The van der Waals surface area contributed by atoms with E-state index in [2.05, 4.69) is 31.3 Å². The Morgan fingerprint density at radius 1 is 0.565 bits per heavy atom. The Morgan fingerprint density at radius 3 is 1.39 bits per heavy atom. The summed E-state index contributed by atoms with van der Waals surface area (Å²) in [6.07, 6.45) is 28.3. The molecule has 1 aliphatic rings. The lowest BCUT2D eigenvalue weighted by atomic mass is 9.85. The molecule has 0 heterocycles. The van der Waals surface area contributed by atoms with Gasteiger partial charge in [0.15, 0.2) is 0 Å². The third-order valence-electron chi connectivity index (χ3n) is 12.0. The van der Waals surface area contributed by atoms with Crippen LogP contribution in [0, 0.1) is 0 Å². The number of carbonyl (C=O) groups is 1. The number of allylic oxidation sites excluding steroid dienone is 3. The van der Waals surface area contributed by atoms with E-state index in [9.17, 15) is 50.0 Å². The largest absolute Gasteiger partial charge is 0.472 e. The summed E-state index contributed by atoms with van der Waals surface area (Å²) in [6.45, 7) is 3.73. The van der Waals surface area contributed by atoms with Crippen molar-refractivity contribution in [2.45, 2.75) is 268 Å². The fourth-order valence-electron chi connectivity index (χ4n) is 7.94. The maximum Gasteiger partial charge on any atom is 0.472 e. The van der Waals surface area contributed by atoms with E-state index in [4.69, 9.17) is 9.05 Å². The van der Waals surface area contributed by atoms with Crippen LogP contribution in [0.1, 0.15) is 213 Å². The molecule has 9 N–H and O–H groups in total. The van der Waals surface area contributed by atoms with Gasteiger partial charge in [0.1, 0.15) is 36.6 Å². The van der Waals surface area contributed by atoms with Crippen molar-refractivity contribution in [3.05, 3.63) is 24.3 Å². The van der Waals surface area contributed by atoms with Crippen molar-refractivity contribution in [2.24, 2.45) is 0 Å². The Kier molecular flexibility index (Phi) is 36.0. The molecule has 0 aliphatic heterocycles. The summed E-state index contributed by atoms with van der Waals surface area (Å²) in [7, 11) is -5.14. The van der Waals surface area contributed by atoms with Crippen molar-refractivity contribution in [2.75, 3.05) is 6.61 Å². The second-order valence-corrected chi connectivity index (χ2v) is 19.3. The van der Waals surface area contributed by atoms with Gasteiger partial charge in [0.25, 0.3) is 0 Å². The molecule has 1 rings (SSSR count). The van der Waals surface area contributed by atoms with Crippen molar-refractivity contribution < 1.29 is 59.0 Å². The van der Waals surface area contributed by atoms with E-state index in [0.717, 1.165) is 64.2 Å². The molecule has 0 radical (unpaired) electrons. The minimum atomic E-state index is -5.14. The third kappa shape index (κ3) is 29.3. The molecule has 0 aromatic carbocycles. The first-order valence-corrected chi connectivity index (χ1v) is 26.4. The normalized spacial score (nSPS) is 23.2. The topological polar surface area (TPSA) is 226 Å². The quantitative estimate of drug-likeness (QED) is 0.0159. The molecule has 0 spiro atoms. The molecule has 13 nitrogen and oxygen atoms in total. The summed E-state index contributed by atoms with van der Waals surface area (Å²) in [5, 5.41) is 74.5. The summed E-state index contributed by atoms with van der Waals surface area (Å²) in [4.78, 5) is 23.5. The van der Waals surface area contributed by atoms with E-state index in [1.165, 1.54) is 122 Å². The molecule has 366 valence electrons. The fourth-order valence-corrected chi connectivity index (χ4v) is 8.91. The number of carbonyl (C=O) groups excluding carboxylic acids is 1. The van der Waals surface area contributed by atoms with Crippen molar-refractivity contribution in [3.63, 3.8) is 0 Å². The molecule has 8 unspecified atom stereocenters. The Hall–Kier alpha value is -1.22. The molecule has 0 aromatic heterocycles. The summed E-state index contributed by atoms with van der Waals surface area (Å²) >= 11 is 0. The van der Waals surface area contributed by atoms with Crippen molar-refractivity contribution in [1.29, 1.82) is 0 Å². The number of rotatable bonds is 41. The first kappa shape index (κ1) is 58.8. The van der Waals surface area contributed by atoms with Crippen molar-refractivity contribution in [3.8, 4) is 0 Å². The van der Waals surface area contributed by atoms with Crippen LogP contribution in [0.25, 0.3) is 0 Å². The van der Waals surface area contributed by atoms with Crippen LogP contribution in [-0.4, -0.2) is 108 Å². The lowest BCUT2D eigenvalue weighted by molar-refractivity contribution is -0.220. The number of phosphoric ester groups is 1. The molecule has 0 bridgehead atoms. The predicted molar refractivity (Wildman–Crippen MR) is 247 cm³/mol. The minimum Gasteiger partial charge on any atom is -0.393 e. The molecule has 1 amide bonds. The highest BCUT2D eigenvalue weighted by molar-refractivity contribution is 7.47. The third-order valence-corrected chi connectivity index (χ3v) is 13.0. The van der Waals surface area contributed by atoms with Gasteiger partial charge in [-0.25, -0.2) is 4.57 Å². The van der Waals surface area contributed by atoms with Crippen LogP contribution in [0.3, 0.4) is 0 Å². The Labute approximate surface area is 375 Å². The maximum absolute atomic E-state index is 13.0. The van der Waals surface area contributed by atoms with Crippen LogP contribution in [0.15, 0.2) is 24.3 Å². The molecule has 14 heteroatoms. The zero-order valence-electron chi connectivity index (χ0n) is 38.8. The Morgan fingerprint density at radius 2 is 0.935 bits per heavy atom. The number of unbranched alkanes of at least 4 members (excludes halogenated alkanes) is 26. The molecule has 1 fully saturated rings. The van der Waals surface area contributed by atoms with Gasteiger partial charge in [0, 0.05) is 0 Å². The van der Waals surface area contributed by atoms with Crippen LogP contribution in [0.4, 0.5) is 0 Å². The van der Waals surface area contributed by atoms with E-state index in [1.54, 1.807) is 6.08 Å². The summed E-state index contributed by atoms with van der Waals surface area (Å²) in [5.74, 6) is -0.597. The second kappa shape index (κ2) is 37.9. The van der Waals surface area contributed by atoms with Gasteiger partial charge < -0.3 is 46.0 Å². The number of amides is 1. The first-order chi connectivity index (χ1) is 29.8. The van der Waals surface area contributed by atoms with E-state index in [-0.39, 0.29) is 6.42 Å². The van der Waals surface area contributed by atoms with Gasteiger partial charge in [-0.05, 0) is 44.9 Å². The van der Waals surface area contributed by atoms with Gasteiger partial charge in [0.05, 0.1) is 31.3 Å². The highest BCUT2D eigenvalue weighted by Gasteiger charge is 2.51. The summed E-state index contributed by atoms with van der Waals surface area (Å²) in [5.41, 5.74) is 0. The van der Waals surface area contributed by atoms with Gasteiger partial charge in [-0.1, -0.05) is 186 Å². The number of hydrogen-bond acceptors (Lipinski definition) is 11. The van der Waals surface area contributed by atoms with Crippen LogP contribution in [0.5, 0.6) is 0 Å². The predicted octanol–water partition coefficient (Wildman–Crippen LogP) is 8.76. The number of hydrogen-bond donors (Lipinski definition) is 9. The highest BCUT2D eigenvalue weighted by atomic mass is 31.2. The van der Waals surface area contributed by atoms with E-state index in [1.807, 2.05) is 0 Å². The zero-order chi connectivity index (χ0) is 45.9. The molecule has 1 aliphatic carbocycles. The van der Waals surface area contributed by atoms with Gasteiger partial charge >= 0.3 is 7.82 Å². The van der Waals surface area contributed by atoms with Crippen molar-refractivity contribution >= 4 is 13.7 Å². The number of nitrogens with one attached hydrogen (secondary N) is 1. The SMILES string of the molecule is CCCCCC/C=C\CCCCCCCC(O)CC(=O)NC(COP(=O)(O)OC1C(O)C(O)C(O)C(O)C1O)C(O)/C=C/CCCCCCCCCCCCCCCCCCC. The Bertz CT molecular complexity index is 1160. The number of aliphatic hydroxyl groups is 7. The molecule has 62 heavy (non-hydrogen) atoms. The van der Waals surface area contributed by atoms with Crippen LogP contribution >= 0.6 is 7.82 Å². The second-order valence-electron chi connectivity index (χ2n) is 17.8. The Balaban J connectivity index is 2.52. The smallest absolute Gasteiger partial charge is 0.393 e. The van der Waals surface area contributed by atoms with E-state index >= 15 is 0 Å². The molecule has 8 atom stereocenters. The van der Waals surface area contributed by atoms with Gasteiger partial charge in [0.2, 0.25) is 5.91 Å². The van der Waals surface area contributed by atoms with Gasteiger partial charge in [-0.3, -0.25) is 13.8 Å². The van der Waals surface area contributed by atoms with Crippen LogP contribution in [-0.2, 0) is 18.4 Å². The summed E-state index contributed by atoms with van der Waals surface area (Å²) in [6, 6.07) is -1.24. The number of phosphoric acid groups is 1. The van der Waals surface area contributed by atoms with E-state index in [0.29, 0.717) is 12.8 Å². The van der Waals surface area contributed by atoms with E-state index < -0.39 is 75.2 Å². The monoisotopic (exact) mass is 906 g/mol.